The third-order valence-corrected chi connectivity index (χ3v) is 5.54. The standard InChI is InChI=1S/C15H17N5O6S2/c16-28(25,26)15-20-19-14(27-15)18-12(22)7-6-11(21)17-10(13(23)24)8-9-4-2-1-3-5-9/h1-5,10H,6-8H2,(H,17,21)(H,23,24)(H2,16,25,26)(H,18,19,22). The van der Waals surface area contributed by atoms with Crippen LogP contribution in [0.5, 0.6) is 0 Å². The highest BCUT2D eigenvalue weighted by Crippen LogP contribution is 2.18. The molecular formula is C15H17N5O6S2. The van der Waals surface area contributed by atoms with Gasteiger partial charge < -0.3 is 15.7 Å². The molecule has 2 rings (SSSR count). The first-order chi connectivity index (χ1) is 13.1. The highest BCUT2D eigenvalue weighted by molar-refractivity contribution is 7.91. The topological polar surface area (TPSA) is 181 Å². The Kier molecular flexibility index (Phi) is 7.14. The van der Waals surface area contributed by atoms with Gasteiger partial charge in [0.15, 0.2) is 0 Å². The fourth-order valence-electron chi connectivity index (χ4n) is 2.10. The Balaban J connectivity index is 1.84. The van der Waals surface area contributed by atoms with E-state index in [4.69, 9.17) is 5.14 Å². The highest BCUT2D eigenvalue weighted by atomic mass is 32.2. The molecule has 1 aromatic heterocycles. The van der Waals surface area contributed by atoms with E-state index < -0.39 is 38.2 Å². The van der Waals surface area contributed by atoms with Gasteiger partial charge in [-0.2, -0.15) is 0 Å². The van der Waals surface area contributed by atoms with Crippen LogP contribution in [-0.2, 0) is 30.8 Å². The molecule has 0 saturated heterocycles. The van der Waals surface area contributed by atoms with E-state index >= 15 is 0 Å². The number of carboxylic acids is 1. The van der Waals surface area contributed by atoms with Crippen molar-refractivity contribution in [3.63, 3.8) is 0 Å². The Bertz CT molecular complexity index is 960. The van der Waals surface area contributed by atoms with Crippen LogP contribution in [0.2, 0.25) is 0 Å². The van der Waals surface area contributed by atoms with E-state index in [-0.39, 0.29) is 24.4 Å². The number of nitrogens with zero attached hydrogens (tertiary/aromatic N) is 2. The van der Waals surface area contributed by atoms with Crippen LogP contribution in [0, 0.1) is 0 Å². The van der Waals surface area contributed by atoms with E-state index in [1.54, 1.807) is 30.3 Å². The number of sulfonamides is 1. The summed E-state index contributed by atoms with van der Waals surface area (Å²) in [5, 5.41) is 25.5. The first-order valence-electron chi connectivity index (χ1n) is 7.87. The van der Waals surface area contributed by atoms with Crippen molar-refractivity contribution in [2.24, 2.45) is 5.14 Å². The summed E-state index contributed by atoms with van der Waals surface area (Å²) >= 11 is 0.573. The molecule has 5 N–H and O–H groups in total. The summed E-state index contributed by atoms with van der Waals surface area (Å²) in [4.78, 5) is 35.1. The number of carboxylic acid groups (broad SMARTS) is 1. The fraction of sp³-hybridized carbons (Fsp3) is 0.267. The lowest BCUT2D eigenvalue weighted by atomic mass is 10.1. The number of rotatable bonds is 9. The number of aromatic nitrogens is 2. The van der Waals surface area contributed by atoms with Crippen LogP contribution >= 0.6 is 11.3 Å². The minimum absolute atomic E-state index is 0.0816. The van der Waals surface area contributed by atoms with Crippen molar-refractivity contribution in [2.45, 2.75) is 29.6 Å². The minimum atomic E-state index is -4.02. The second-order valence-corrected chi connectivity index (χ2v) is 8.33. The van der Waals surface area contributed by atoms with Gasteiger partial charge in [-0.1, -0.05) is 41.7 Å². The average molecular weight is 427 g/mol. The van der Waals surface area contributed by atoms with Crippen LogP contribution in [0.25, 0.3) is 0 Å². The van der Waals surface area contributed by atoms with Crippen molar-refractivity contribution in [3.05, 3.63) is 35.9 Å². The Morgan fingerprint density at radius 2 is 1.75 bits per heavy atom. The molecular weight excluding hydrogens is 410 g/mol. The maximum absolute atomic E-state index is 12.0. The van der Waals surface area contributed by atoms with Gasteiger partial charge in [0.1, 0.15) is 6.04 Å². The molecule has 0 aliphatic carbocycles. The molecule has 13 heteroatoms. The number of hydrogen-bond donors (Lipinski definition) is 4. The number of aliphatic carboxylic acids is 1. The number of hydrogen-bond acceptors (Lipinski definition) is 8. The summed E-state index contributed by atoms with van der Waals surface area (Å²) in [6.45, 7) is 0. The van der Waals surface area contributed by atoms with E-state index in [1.165, 1.54) is 0 Å². The van der Waals surface area contributed by atoms with Crippen molar-refractivity contribution < 1.29 is 27.9 Å². The molecule has 1 unspecified atom stereocenters. The van der Waals surface area contributed by atoms with Crippen LogP contribution in [0.4, 0.5) is 5.13 Å². The van der Waals surface area contributed by atoms with Crippen LogP contribution in [0.15, 0.2) is 34.7 Å². The molecule has 1 atom stereocenters. The normalized spacial score (nSPS) is 12.2. The van der Waals surface area contributed by atoms with Crippen LogP contribution in [0.3, 0.4) is 0 Å². The van der Waals surface area contributed by atoms with E-state index in [0.717, 1.165) is 5.56 Å². The number of nitrogens with one attached hydrogen (secondary N) is 2. The molecule has 0 saturated carbocycles. The summed E-state index contributed by atoms with van der Waals surface area (Å²) in [7, 11) is -4.02. The van der Waals surface area contributed by atoms with Crippen molar-refractivity contribution in [3.8, 4) is 0 Å². The molecule has 0 spiro atoms. The average Bonchev–Trinajstić information content (AvgIpc) is 3.09. The Morgan fingerprint density at radius 3 is 2.32 bits per heavy atom. The van der Waals surface area contributed by atoms with Crippen molar-refractivity contribution in [2.75, 3.05) is 5.32 Å². The molecule has 0 bridgehead atoms. The molecule has 0 aliphatic heterocycles. The predicted octanol–water partition coefficient (Wildman–Crippen LogP) is -0.284. The van der Waals surface area contributed by atoms with Crippen LogP contribution in [0.1, 0.15) is 18.4 Å². The van der Waals surface area contributed by atoms with Gasteiger partial charge in [-0.05, 0) is 5.56 Å². The van der Waals surface area contributed by atoms with Gasteiger partial charge in [0.2, 0.25) is 21.3 Å². The smallest absolute Gasteiger partial charge is 0.326 e. The number of benzene rings is 1. The third kappa shape index (κ3) is 6.68. The SMILES string of the molecule is NS(=O)(=O)c1nnc(NC(=O)CCC(=O)NC(Cc2ccccc2)C(=O)O)s1. The van der Waals surface area contributed by atoms with Gasteiger partial charge in [-0.25, -0.2) is 18.4 Å². The minimum Gasteiger partial charge on any atom is -0.480 e. The van der Waals surface area contributed by atoms with Gasteiger partial charge >= 0.3 is 5.97 Å². The van der Waals surface area contributed by atoms with Crippen LogP contribution in [-0.4, -0.2) is 47.5 Å². The number of nitrogens with two attached hydrogens (primary N) is 1. The maximum Gasteiger partial charge on any atom is 0.326 e. The Labute approximate surface area is 164 Å². The number of amides is 2. The summed E-state index contributed by atoms with van der Waals surface area (Å²) in [5.41, 5.74) is 0.745. The van der Waals surface area contributed by atoms with E-state index in [2.05, 4.69) is 20.8 Å². The van der Waals surface area contributed by atoms with Crippen molar-refractivity contribution in [1.82, 2.24) is 15.5 Å². The third-order valence-electron chi connectivity index (χ3n) is 3.39. The second kappa shape index (κ2) is 9.34. The Morgan fingerprint density at radius 1 is 1.11 bits per heavy atom. The molecule has 150 valence electrons. The lowest BCUT2D eigenvalue weighted by molar-refractivity contribution is -0.141. The number of primary sulfonamides is 1. The highest BCUT2D eigenvalue weighted by Gasteiger charge is 2.21. The second-order valence-electron chi connectivity index (χ2n) is 5.61. The van der Waals surface area contributed by atoms with E-state index in [0.29, 0.717) is 11.3 Å². The lowest BCUT2D eigenvalue weighted by Gasteiger charge is -2.14. The molecule has 0 radical (unpaired) electrons. The molecule has 1 aromatic carbocycles. The molecule has 2 amide bonds. The largest absolute Gasteiger partial charge is 0.480 e. The molecule has 28 heavy (non-hydrogen) atoms. The van der Waals surface area contributed by atoms with E-state index in [1.807, 2.05) is 0 Å². The molecule has 11 nitrogen and oxygen atoms in total. The summed E-state index contributed by atoms with van der Waals surface area (Å²) in [6.07, 6.45) is -0.408. The predicted molar refractivity (Wildman–Crippen MR) is 98.9 cm³/mol. The fourth-order valence-corrected chi connectivity index (χ4v) is 3.45. The number of carbonyl (C=O) groups excluding carboxylic acids is 2. The van der Waals surface area contributed by atoms with Gasteiger partial charge in [-0.3, -0.25) is 9.59 Å². The van der Waals surface area contributed by atoms with Gasteiger partial charge in [-0.15, -0.1) is 10.2 Å². The van der Waals surface area contributed by atoms with Crippen LogP contribution < -0.4 is 15.8 Å². The summed E-state index contributed by atoms with van der Waals surface area (Å²) in [6, 6.07) is 7.67. The van der Waals surface area contributed by atoms with Gasteiger partial charge in [0.25, 0.3) is 10.0 Å². The molecule has 2 aromatic rings. The zero-order chi connectivity index (χ0) is 20.7. The van der Waals surface area contributed by atoms with Crippen molar-refractivity contribution in [1.29, 1.82) is 0 Å². The van der Waals surface area contributed by atoms with Gasteiger partial charge in [0.05, 0.1) is 0 Å². The summed E-state index contributed by atoms with van der Waals surface area (Å²) < 4.78 is 21.8. The van der Waals surface area contributed by atoms with Gasteiger partial charge in [0, 0.05) is 19.3 Å². The monoisotopic (exact) mass is 427 g/mol. The number of anilines is 1. The van der Waals surface area contributed by atoms with E-state index in [9.17, 15) is 27.9 Å². The molecule has 1 heterocycles. The molecule has 0 aliphatic rings. The van der Waals surface area contributed by atoms with Crippen molar-refractivity contribution >= 4 is 44.3 Å². The first-order valence-corrected chi connectivity index (χ1v) is 10.2. The zero-order valence-corrected chi connectivity index (χ0v) is 16.0. The zero-order valence-electron chi connectivity index (χ0n) is 14.4. The number of carbonyl (C=O) groups is 3. The quantitative estimate of drug-likeness (QED) is 0.394. The summed E-state index contributed by atoms with van der Waals surface area (Å²) in [5.74, 6) is -2.41. The maximum atomic E-state index is 12.0. The Hall–Kier alpha value is -2.90. The molecule has 0 fully saturated rings. The lowest BCUT2D eigenvalue weighted by Crippen LogP contribution is -2.42. The first kappa shape index (κ1) is 21.4.